The predicted molar refractivity (Wildman–Crippen MR) is 70.2 cm³/mol. The van der Waals surface area contributed by atoms with Gasteiger partial charge in [0.05, 0.1) is 0 Å². The average Bonchev–Trinajstić information content (AvgIpc) is 2.41. The fraction of sp³-hybridized carbons (Fsp3) is 0.429. The highest BCUT2D eigenvalue weighted by molar-refractivity contribution is 5.97. The molecule has 1 fully saturated rings. The Labute approximate surface area is 107 Å². The molecule has 2 rings (SSSR count). The predicted octanol–water partition coefficient (Wildman–Crippen LogP) is 1.57. The van der Waals surface area contributed by atoms with Crippen LogP contribution >= 0.6 is 0 Å². The van der Waals surface area contributed by atoms with Crippen LogP contribution < -0.4 is 10.2 Å². The zero-order valence-electron chi connectivity index (χ0n) is 10.6. The van der Waals surface area contributed by atoms with Crippen molar-refractivity contribution in [2.75, 3.05) is 18.0 Å². The minimum absolute atomic E-state index is 0.0243. The molecule has 1 N–H and O–H groups in total. The maximum absolute atomic E-state index is 12.4. The lowest BCUT2D eigenvalue weighted by Gasteiger charge is -2.28. The zero-order chi connectivity index (χ0) is 13.0. The number of anilines is 1. The Kier molecular flexibility index (Phi) is 3.97. The summed E-state index contributed by atoms with van der Waals surface area (Å²) in [5.74, 6) is -0.152. The summed E-state index contributed by atoms with van der Waals surface area (Å²) in [6, 6.07) is 9.60. The van der Waals surface area contributed by atoms with E-state index in [0.717, 1.165) is 12.1 Å². The monoisotopic (exact) mass is 246 g/mol. The molecule has 1 heterocycles. The van der Waals surface area contributed by atoms with E-state index in [9.17, 15) is 9.59 Å². The third-order valence-corrected chi connectivity index (χ3v) is 3.25. The molecule has 1 atom stereocenters. The van der Waals surface area contributed by atoms with Crippen LogP contribution in [0.4, 0.5) is 5.69 Å². The summed E-state index contributed by atoms with van der Waals surface area (Å²) in [5.41, 5.74) is 0.899. The van der Waals surface area contributed by atoms with Crippen LogP contribution in [-0.4, -0.2) is 24.9 Å². The Morgan fingerprint density at radius 2 is 2.11 bits per heavy atom. The molecular formula is C14H18N2O2. The van der Waals surface area contributed by atoms with Gasteiger partial charge in [-0.1, -0.05) is 18.2 Å². The van der Waals surface area contributed by atoms with Crippen LogP contribution in [0.5, 0.6) is 0 Å². The number of hydrogen-bond acceptors (Lipinski definition) is 2. The molecule has 0 aliphatic carbocycles. The van der Waals surface area contributed by atoms with Crippen molar-refractivity contribution < 1.29 is 9.59 Å². The van der Waals surface area contributed by atoms with Gasteiger partial charge in [-0.05, 0) is 25.5 Å². The third kappa shape index (κ3) is 2.70. The normalized spacial score (nSPS) is 19.2. The molecule has 2 amide bonds. The average molecular weight is 246 g/mol. The summed E-state index contributed by atoms with van der Waals surface area (Å²) in [5, 5.41) is 2.75. The topological polar surface area (TPSA) is 49.4 Å². The lowest BCUT2D eigenvalue weighted by atomic mass is 9.95. The Balaban J connectivity index is 2.13. The molecule has 18 heavy (non-hydrogen) atoms. The summed E-state index contributed by atoms with van der Waals surface area (Å²) in [6.07, 6.45) is 1.04. The Morgan fingerprint density at radius 3 is 2.72 bits per heavy atom. The molecule has 0 aromatic heterocycles. The number of amides is 2. The van der Waals surface area contributed by atoms with Crippen LogP contribution in [0.1, 0.15) is 19.8 Å². The molecule has 1 aromatic rings. The molecule has 4 nitrogen and oxygen atoms in total. The second kappa shape index (κ2) is 5.67. The highest BCUT2D eigenvalue weighted by Crippen LogP contribution is 2.21. The van der Waals surface area contributed by atoms with E-state index in [1.807, 2.05) is 37.3 Å². The second-order valence-corrected chi connectivity index (χ2v) is 4.46. The van der Waals surface area contributed by atoms with E-state index < -0.39 is 0 Å². The van der Waals surface area contributed by atoms with Crippen LogP contribution in [0.25, 0.3) is 0 Å². The van der Waals surface area contributed by atoms with Crippen LogP contribution in [-0.2, 0) is 9.59 Å². The van der Waals surface area contributed by atoms with Gasteiger partial charge >= 0.3 is 0 Å². The molecule has 1 saturated heterocycles. The summed E-state index contributed by atoms with van der Waals surface area (Å²) in [4.78, 5) is 25.5. The smallest absolute Gasteiger partial charge is 0.230 e. The number of carbonyl (C=O) groups excluding carboxylic acids is 2. The first-order valence-electron chi connectivity index (χ1n) is 6.35. The number of nitrogens with zero attached hydrogens (tertiary/aromatic N) is 1. The Hall–Kier alpha value is -1.84. The van der Waals surface area contributed by atoms with Crippen LogP contribution in [0, 0.1) is 5.92 Å². The highest BCUT2D eigenvalue weighted by Gasteiger charge is 2.29. The van der Waals surface area contributed by atoms with Crippen molar-refractivity contribution >= 4 is 17.5 Å². The van der Waals surface area contributed by atoms with Crippen molar-refractivity contribution in [2.24, 2.45) is 5.92 Å². The van der Waals surface area contributed by atoms with Crippen molar-refractivity contribution in [1.29, 1.82) is 0 Å². The summed E-state index contributed by atoms with van der Waals surface area (Å²) in [6.45, 7) is 3.18. The van der Waals surface area contributed by atoms with Gasteiger partial charge in [-0.3, -0.25) is 9.59 Å². The fourth-order valence-corrected chi connectivity index (χ4v) is 2.29. The molecule has 0 spiro atoms. The Morgan fingerprint density at radius 1 is 1.39 bits per heavy atom. The highest BCUT2D eigenvalue weighted by atomic mass is 16.2. The lowest BCUT2D eigenvalue weighted by molar-refractivity contribution is -0.130. The molecule has 1 aliphatic heterocycles. The van der Waals surface area contributed by atoms with Crippen LogP contribution in [0.2, 0.25) is 0 Å². The van der Waals surface area contributed by atoms with E-state index in [4.69, 9.17) is 0 Å². The van der Waals surface area contributed by atoms with E-state index in [1.54, 1.807) is 4.90 Å². The van der Waals surface area contributed by atoms with Gasteiger partial charge in [-0.2, -0.15) is 0 Å². The number of nitrogens with one attached hydrogen (secondary N) is 1. The van der Waals surface area contributed by atoms with Gasteiger partial charge in [0, 0.05) is 31.1 Å². The minimum atomic E-state index is -0.182. The largest absolute Gasteiger partial charge is 0.356 e. The van der Waals surface area contributed by atoms with E-state index in [2.05, 4.69) is 5.32 Å². The molecule has 0 radical (unpaired) electrons. The SMILES string of the molecule is CCN(C(=O)C1CCNC(=O)C1)c1ccccc1. The quantitative estimate of drug-likeness (QED) is 0.880. The van der Waals surface area contributed by atoms with Crippen LogP contribution in [0.3, 0.4) is 0 Å². The summed E-state index contributed by atoms with van der Waals surface area (Å²) >= 11 is 0. The number of piperidine rings is 1. The maximum Gasteiger partial charge on any atom is 0.230 e. The molecule has 0 saturated carbocycles. The van der Waals surface area contributed by atoms with Crippen molar-refractivity contribution in [1.82, 2.24) is 5.32 Å². The number of benzene rings is 1. The van der Waals surface area contributed by atoms with Crippen molar-refractivity contribution in [3.8, 4) is 0 Å². The molecule has 1 aliphatic rings. The second-order valence-electron chi connectivity index (χ2n) is 4.46. The van der Waals surface area contributed by atoms with Gasteiger partial charge in [0.25, 0.3) is 0 Å². The van der Waals surface area contributed by atoms with Crippen molar-refractivity contribution in [3.05, 3.63) is 30.3 Å². The lowest BCUT2D eigenvalue weighted by Crippen LogP contribution is -2.43. The van der Waals surface area contributed by atoms with E-state index in [0.29, 0.717) is 19.5 Å². The van der Waals surface area contributed by atoms with E-state index >= 15 is 0 Å². The number of carbonyl (C=O) groups is 2. The molecule has 0 bridgehead atoms. The first-order chi connectivity index (χ1) is 8.72. The van der Waals surface area contributed by atoms with Gasteiger partial charge in [-0.25, -0.2) is 0 Å². The summed E-state index contributed by atoms with van der Waals surface area (Å²) in [7, 11) is 0. The fourth-order valence-electron chi connectivity index (χ4n) is 2.29. The van der Waals surface area contributed by atoms with Crippen LogP contribution in [0.15, 0.2) is 30.3 Å². The molecule has 4 heteroatoms. The first kappa shape index (κ1) is 12.6. The van der Waals surface area contributed by atoms with Gasteiger partial charge < -0.3 is 10.2 Å². The zero-order valence-corrected chi connectivity index (χ0v) is 10.6. The van der Waals surface area contributed by atoms with E-state index in [1.165, 1.54) is 0 Å². The molecular weight excluding hydrogens is 228 g/mol. The van der Waals surface area contributed by atoms with Gasteiger partial charge in [0.1, 0.15) is 0 Å². The number of hydrogen-bond donors (Lipinski definition) is 1. The third-order valence-electron chi connectivity index (χ3n) is 3.25. The molecule has 1 aromatic carbocycles. The van der Waals surface area contributed by atoms with Crippen molar-refractivity contribution in [3.63, 3.8) is 0 Å². The molecule has 1 unspecified atom stereocenters. The maximum atomic E-state index is 12.4. The molecule has 96 valence electrons. The summed E-state index contributed by atoms with van der Waals surface area (Å²) < 4.78 is 0. The van der Waals surface area contributed by atoms with Crippen molar-refractivity contribution in [2.45, 2.75) is 19.8 Å². The minimum Gasteiger partial charge on any atom is -0.356 e. The van der Waals surface area contributed by atoms with Gasteiger partial charge in [0.2, 0.25) is 11.8 Å². The first-order valence-corrected chi connectivity index (χ1v) is 6.35. The number of rotatable bonds is 3. The van der Waals surface area contributed by atoms with E-state index in [-0.39, 0.29) is 17.7 Å². The van der Waals surface area contributed by atoms with Gasteiger partial charge in [0.15, 0.2) is 0 Å². The standard InChI is InChI=1S/C14H18N2O2/c1-2-16(12-6-4-3-5-7-12)14(18)11-8-9-15-13(17)10-11/h3-7,11H,2,8-10H2,1H3,(H,15,17). The van der Waals surface area contributed by atoms with Gasteiger partial charge in [-0.15, -0.1) is 0 Å². The Bertz CT molecular complexity index is 431. The number of para-hydroxylation sites is 1.